The molecule has 0 aromatic carbocycles. The van der Waals surface area contributed by atoms with Crippen molar-refractivity contribution in [1.29, 1.82) is 0 Å². The van der Waals surface area contributed by atoms with Gasteiger partial charge in [0.2, 0.25) is 0 Å². The zero-order valence-corrected chi connectivity index (χ0v) is 10.6. The summed E-state index contributed by atoms with van der Waals surface area (Å²) in [6.07, 6.45) is 6.16. The Morgan fingerprint density at radius 1 is 1.42 bits per heavy atom. The number of amides is 2. The zero-order valence-electron chi connectivity index (χ0n) is 10.6. The molecule has 96 valence electrons. The maximum atomic E-state index is 11.3. The maximum Gasteiger partial charge on any atom is 0.320 e. The van der Waals surface area contributed by atoms with Gasteiger partial charge in [0.05, 0.1) is 0 Å². The van der Waals surface area contributed by atoms with Crippen molar-refractivity contribution in [2.75, 3.05) is 11.4 Å². The van der Waals surface area contributed by atoms with Gasteiger partial charge >= 0.3 is 6.03 Å². The average molecular weight is 254 g/mol. The Morgan fingerprint density at radius 3 is 3.00 bits per heavy atom. The minimum absolute atomic E-state index is 0.448. The van der Waals surface area contributed by atoms with Crippen molar-refractivity contribution in [2.45, 2.75) is 13.3 Å². The number of hydrogen-bond donors (Lipinski definition) is 1. The number of carbonyl (C=O) groups excluding carboxylic acids is 1. The highest BCUT2D eigenvalue weighted by Crippen LogP contribution is 2.30. The Hall–Kier alpha value is -2.43. The smallest absolute Gasteiger partial charge is 0.320 e. The molecule has 0 atom stereocenters. The van der Waals surface area contributed by atoms with Crippen LogP contribution in [0.4, 0.5) is 10.6 Å². The van der Waals surface area contributed by atoms with Crippen LogP contribution < -0.4 is 10.6 Å². The third kappa shape index (κ3) is 1.93. The van der Waals surface area contributed by atoms with Gasteiger partial charge in [-0.05, 0) is 36.6 Å². The minimum atomic E-state index is -0.448. The lowest BCUT2D eigenvalue weighted by Gasteiger charge is -2.13. The fourth-order valence-electron chi connectivity index (χ4n) is 2.40. The van der Waals surface area contributed by atoms with E-state index >= 15 is 0 Å². The number of anilines is 1. The molecule has 3 rings (SSSR count). The average Bonchev–Trinajstić information content (AvgIpc) is 2.82. The van der Waals surface area contributed by atoms with Gasteiger partial charge in [0.25, 0.3) is 0 Å². The highest BCUT2D eigenvalue weighted by atomic mass is 16.2. The van der Waals surface area contributed by atoms with Crippen molar-refractivity contribution in [1.82, 2.24) is 9.97 Å². The van der Waals surface area contributed by atoms with Gasteiger partial charge in [-0.1, -0.05) is 0 Å². The van der Waals surface area contributed by atoms with E-state index in [1.54, 1.807) is 12.4 Å². The summed E-state index contributed by atoms with van der Waals surface area (Å²) in [6.45, 7) is 2.65. The first kappa shape index (κ1) is 11.6. The predicted molar refractivity (Wildman–Crippen MR) is 72.8 cm³/mol. The van der Waals surface area contributed by atoms with E-state index < -0.39 is 6.03 Å². The first-order chi connectivity index (χ1) is 9.16. The number of carbonyl (C=O) groups is 1. The Labute approximate surface area is 111 Å². The molecular weight excluding hydrogens is 240 g/mol. The highest BCUT2D eigenvalue weighted by molar-refractivity contribution is 5.92. The molecule has 5 nitrogen and oxygen atoms in total. The van der Waals surface area contributed by atoms with Gasteiger partial charge < -0.3 is 5.73 Å². The van der Waals surface area contributed by atoms with Crippen molar-refractivity contribution >= 4 is 11.8 Å². The molecule has 5 heteroatoms. The number of nitrogens with zero attached hydrogens (tertiary/aromatic N) is 3. The number of aromatic nitrogens is 2. The number of nitrogens with two attached hydrogens (primary N) is 1. The van der Waals surface area contributed by atoms with Gasteiger partial charge in [0.1, 0.15) is 5.82 Å². The molecule has 2 amide bonds. The van der Waals surface area contributed by atoms with Crippen LogP contribution >= 0.6 is 0 Å². The van der Waals surface area contributed by atoms with Crippen LogP contribution in [0.15, 0.2) is 30.7 Å². The van der Waals surface area contributed by atoms with Crippen molar-refractivity contribution in [3.63, 3.8) is 0 Å². The summed E-state index contributed by atoms with van der Waals surface area (Å²) in [7, 11) is 0. The molecule has 0 saturated heterocycles. The third-order valence-corrected chi connectivity index (χ3v) is 3.42. The predicted octanol–water partition coefficient (Wildman–Crippen LogP) is 1.89. The van der Waals surface area contributed by atoms with Crippen LogP contribution in [-0.4, -0.2) is 22.5 Å². The Morgan fingerprint density at radius 2 is 2.26 bits per heavy atom. The lowest BCUT2D eigenvalue weighted by atomic mass is 10.0. The van der Waals surface area contributed by atoms with Crippen molar-refractivity contribution in [3.8, 4) is 11.1 Å². The van der Waals surface area contributed by atoms with E-state index in [0.717, 1.165) is 28.7 Å². The van der Waals surface area contributed by atoms with E-state index in [9.17, 15) is 4.79 Å². The Balaban J connectivity index is 2.05. The van der Waals surface area contributed by atoms with Crippen molar-refractivity contribution in [2.24, 2.45) is 5.73 Å². The second kappa shape index (κ2) is 4.35. The van der Waals surface area contributed by atoms with Gasteiger partial charge in [-0.3, -0.25) is 9.88 Å². The molecule has 0 saturated carbocycles. The van der Waals surface area contributed by atoms with E-state index in [1.165, 1.54) is 4.90 Å². The monoisotopic (exact) mass is 254 g/mol. The summed E-state index contributed by atoms with van der Waals surface area (Å²) in [5.74, 6) is 0.679. The molecule has 0 unspecified atom stereocenters. The van der Waals surface area contributed by atoms with E-state index in [1.807, 2.05) is 19.2 Å². The first-order valence-electron chi connectivity index (χ1n) is 6.13. The van der Waals surface area contributed by atoms with Gasteiger partial charge in [-0.2, -0.15) is 0 Å². The van der Waals surface area contributed by atoms with Gasteiger partial charge in [-0.15, -0.1) is 0 Å². The lowest BCUT2D eigenvalue weighted by molar-refractivity contribution is 0.254. The van der Waals surface area contributed by atoms with Crippen LogP contribution in [0.2, 0.25) is 0 Å². The Kier molecular flexibility index (Phi) is 2.67. The SMILES string of the molecule is Cc1ccncc1-c1cnc2c(c1)CCN2C(N)=O. The molecule has 0 fully saturated rings. The number of urea groups is 1. The number of hydrogen-bond acceptors (Lipinski definition) is 3. The second-order valence-electron chi connectivity index (χ2n) is 4.64. The molecule has 2 N–H and O–H groups in total. The number of rotatable bonds is 1. The topological polar surface area (TPSA) is 72.1 Å². The molecule has 1 aliphatic rings. The highest BCUT2D eigenvalue weighted by Gasteiger charge is 2.24. The first-order valence-corrected chi connectivity index (χ1v) is 6.13. The molecule has 0 radical (unpaired) electrons. The summed E-state index contributed by atoms with van der Waals surface area (Å²) in [6, 6.07) is 3.59. The van der Waals surface area contributed by atoms with Crippen LogP contribution in [0.1, 0.15) is 11.1 Å². The molecule has 0 bridgehead atoms. The molecule has 19 heavy (non-hydrogen) atoms. The standard InChI is InChI=1S/C14H14N4O/c1-9-2-4-16-8-12(9)11-6-10-3-5-18(14(15)19)13(10)17-7-11/h2,4,6-8H,3,5H2,1H3,(H2,15,19). The largest absolute Gasteiger partial charge is 0.351 e. The van der Waals surface area contributed by atoms with Gasteiger partial charge in [0.15, 0.2) is 0 Å². The summed E-state index contributed by atoms with van der Waals surface area (Å²) in [4.78, 5) is 21.3. The minimum Gasteiger partial charge on any atom is -0.351 e. The van der Waals surface area contributed by atoms with Crippen LogP contribution in [0.3, 0.4) is 0 Å². The Bertz CT molecular complexity index is 654. The van der Waals surface area contributed by atoms with E-state index in [4.69, 9.17) is 5.73 Å². The molecule has 2 aromatic rings. The summed E-state index contributed by atoms with van der Waals surface area (Å²) < 4.78 is 0. The quantitative estimate of drug-likeness (QED) is 0.844. The van der Waals surface area contributed by atoms with Crippen molar-refractivity contribution in [3.05, 3.63) is 41.9 Å². The number of pyridine rings is 2. The van der Waals surface area contributed by atoms with Crippen LogP contribution in [0.25, 0.3) is 11.1 Å². The fraction of sp³-hybridized carbons (Fsp3) is 0.214. The fourth-order valence-corrected chi connectivity index (χ4v) is 2.40. The number of fused-ring (bicyclic) bond motifs is 1. The zero-order chi connectivity index (χ0) is 13.4. The maximum absolute atomic E-state index is 11.3. The molecule has 3 heterocycles. The van der Waals surface area contributed by atoms with Gasteiger partial charge in [-0.25, -0.2) is 9.78 Å². The van der Waals surface area contributed by atoms with E-state index in [-0.39, 0.29) is 0 Å². The van der Waals surface area contributed by atoms with E-state index in [2.05, 4.69) is 16.0 Å². The molecule has 0 spiro atoms. The molecule has 0 aliphatic carbocycles. The molecule has 2 aromatic heterocycles. The normalized spacial score (nSPS) is 13.4. The molecule has 1 aliphatic heterocycles. The summed E-state index contributed by atoms with van der Waals surface area (Å²) in [5, 5.41) is 0. The summed E-state index contributed by atoms with van der Waals surface area (Å²) in [5.41, 5.74) is 9.62. The summed E-state index contributed by atoms with van der Waals surface area (Å²) >= 11 is 0. The lowest BCUT2D eigenvalue weighted by Crippen LogP contribution is -2.34. The van der Waals surface area contributed by atoms with Crippen LogP contribution in [0, 0.1) is 6.92 Å². The number of aryl methyl sites for hydroxylation is 1. The van der Waals surface area contributed by atoms with Gasteiger partial charge in [0, 0.05) is 36.3 Å². The van der Waals surface area contributed by atoms with Crippen LogP contribution in [0.5, 0.6) is 0 Å². The molecular formula is C14H14N4O. The second-order valence-corrected chi connectivity index (χ2v) is 4.64. The number of primary amides is 1. The third-order valence-electron chi connectivity index (χ3n) is 3.42. The van der Waals surface area contributed by atoms with E-state index in [0.29, 0.717) is 12.4 Å². The van der Waals surface area contributed by atoms with Crippen LogP contribution in [-0.2, 0) is 6.42 Å². The van der Waals surface area contributed by atoms with Crippen molar-refractivity contribution < 1.29 is 4.79 Å².